The molecule has 3 nitrogen and oxygen atoms in total. The van der Waals surface area contributed by atoms with Gasteiger partial charge in [-0.1, -0.05) is 6.08 Å². The standard InChI is InChI=1S/C8H10FN3/c1-3-4-12(2)8-7(9)5-10-6-11-8/h3,5-6H,1,4H2,2H3. The van der Waals surface area contributed by atoms with Crippen LogP contribution < -0.4 is 4.90 Å². The smallest absolute Gasteiger partial charge is 0.183 e. The molecule has 12 heavy (non-hydrogen) atoms. The fraction of sp³-hybridized carbons (Fsp3) is 0.250. The minimum absolute atomic E-state index is 0.296. The zero-order valence-electron chi connectivity index (χ0n) is 6.87. The van der Waals surface area contributed by atoms with Crippen LogP contribution in [-0.2, 0) is 0 Å². The van der Waals surface area contributed by atoms with Crippen LogP contribution in [0.2, 0.25) is 0 Å². The lowest BCUT2D eigenvalue weighted by Crippen LogP contribution is -2.19. The molecule has 0 atom stereocenters. The molecular weight excluding hydrogens is 157 g/mol. The van der Waals surface area contributed by atoms with E-state index >= 15 is 0 Å². The summed E-state index contributed by atoms with van der Waals surface area (Å²) in [6.45, 7) is 4.11. The predicted molar refractivity (Wildman–Crippen MR) is 45.5 cm³/mol. The van der Waals surface area contributed by atoms with Crippen molar-refractivity contribution < 1.29 is 4.39 Å². The first-order chi connectivity index (χ1) is 5.75. The van der Waals surface area contributed by atoms with Gasteiger partial charge in [0.15, 0.2) is 11.6 Å². The Morgan fingerprint density at radius 2 is 2.50 bits per heavy atom. The number of hydrogen-bond donors (Lipinski definition) is 0. The van der Waals surface area contributed by atoms with E-state index in [1.165, 1.54) is 6.33 Å². The first kappa shape index (κ1) is 8.64. The summed E-state index contributed by atoms with van der Waals surface area (Å²) in [6, 6.07) is 0. The third-order valence-corrected chi connectivity index (χ3v) is 1.41. The summed E-state index contributed by atoms with van der Waals surface area (Å²) in [5.41, 5.74) is 0. The van der Waals surface area contributed by atoms with Gasteiger partial charge in [-0.2, -0.15) is 0 Å². The Hall–Kier alpha value is -1.45. The highest BCUT2D eigenvalue weighted by Gasteiger charge is 2.06. The van der Waals surface area contributed by atoms with E-state index in [1.54, 1.807) is 18.0 Å². The second-order valence-corrected chi connectivity index (χ2v) is 2.36. The highest BCUT2D eigenvalue weighted by atomic mass is 19.1. The van der Waals surface area contributed by atoms with Crippen molar-refractivity contribution in [2.75, 3.05) is 18.5 Å². The lowest BCUT2D eigenvalue weighted by molar-refractivity contribution is 0.610. The molecule has 0 saturated heterocycles. The first-order valence-electron chi connectivity index (χ1n) is 3.53. The molecule has 1 aromatic rings. The third kappa shape index (κ3) is 1.78. The van der Waals surface area contributed by atoms with Crippen molar-refractivity contribution in [3.8, 4) is 0 Å². The van der Waals surface area contributed by atoms with Crippen LogP contribution >= 0.6 is 0 Å². The molecule has 0 spiro atoms. The van der Waals surface area contributed by atoms with E-state index in [0.29, 0.717) is 12.4 Å². The second kappa shape index (κ2) is 3.80. The quantitative estimate of drug-likeness (QED) is 0.634. The molecule has 0 fully saturated rings. The predicted octanol–water partition coefficient (Wildman–Crippen LogP) is 1.24. The molecule has 1 aromatic heterocycles. The van der Waals surface area contributed by atoms with Crippen molar-refractivity contribution in [1.29, 1.82) is 0 Å². The van der Waals surface area contributed by atoms with Gasteiger partial charge in [0, 0.05) is 13.6 Å². The molecule has 0 radical (unpaired) electrons. The summed E-state index contributed by atoms with van der Waals surface area (Å²) in [7, 11) is 1.74. The van der Waals surface area contributed by atoms with Gasteiger partial charge in [0.2, 0.25) is 0 Å². The second-order valence-electron chi connectivity index (χ2n) is 2.36. The van der Waals surface area contributed by atoms with Gasteiger partial charge in [-0.15, -0.1) is 6.58 Å². The number of hydrogen-bond acceptors (Lipinski definition) is 3. The fourth-order valence-electron chi connectivity index (χ4n) is 0.867. The Morgan fingerprint density at radius 3 is 3.08 bits per heavy atom. The lowest BCUT2D eigenvalue weighted by atomic mass is 10.4. The number of likely N-dealkylation sites (N-methyl/N-ethyl adjacent to an activating group) is 1. The molecule has 0 aliphatic carbocycles. The molecule has 0 aliphatic heterocycles. The van der Waals surface area contributed by atoms with Crippen LogP contribution in [0, 0.1) is 5.82 Å². The normalized spacial score (nSPS) is 9.50. The van der Waals surface area contributed by atoms with Crippen LogP contribution in [0.25, 0.3) is 0 Å². The van der Waals surface area contributed by atoms with E-state index in [1.807, 2.05) is 0 Å². The van der Waals surface area contributed by atoms with Gasteiger partial charge in [0.1, 0.15) is 6.33 Å². The fourth-order valence-corrected chi connectivity index (χ4v) is 0.867. The topological polar surface area (TPSA) is 29.0 Å². The molecule has 0 aliphatic rings. The van der Waals surface area contributed by atoms with Crippen LogP contribution in [0.1, 0.15) is 0 Å². The molecule has 4 heteroatoms. The lowest BCUT2D eigenvalue weighted by Gasteiger charge is -2.15. The van der Waals surface area contributed by atoms with Crippen molar-refractivity contribution in [3.63, 3.8) is 0 Å². The maximum atomic E-state index is 13.0. The van der Waals surface area contributed by atoms with Crippen molar-refractivity contribution in [1.82, 2.24) is 9.97 Å². The number of halogens is 1. The summed E-state index contributed by atoms with van der Waals surface area (Å²) in [6.07, 6.45) is 4.14. The van der Waals surface area contributed by atoms with Gasteiger partial charge in [0.05, 0.1) is 6.20 Å². The Kier molecular flexibility index (Phi) is 2.74. The molecule has 0 bridgehead atoms. The number of rotatable bonds is 3. The molecule has 64 valence electrons. The van der Waals surface area contributed by atoms with Gasteiger partial charge in [-0.25, -0.2) is 14.4 Å². The van der Waals surface area contributed by atoms with E-state index in [-0.39, 0.29) is 0 Å². The van der Waals surface area contributed by atoms with Crippen molar-refractivity contribution >= 4 is 5.82 Å². The van der Waals surface area contributed by atoms with Gasteiger partial charge >= 0.3 is 0 Å². The average molecular weight is 167 g/mol. The Bertz CT molecular complexity index is 275. The molecule has 1 heterocycles. The van der Waals surface area contributed by atoms with Gasteiger partial charge < -0.3 is 4.90 Å². The summed E-state index contributed by atoms with van der Waals surface area (Å²) < 4.78 is 13.0. The highest BCUT2D eigenvalue weighted by Crippen LogP contribution is 2.11. The van der Waals surface area contributed by atoms with Crippen LogP contribution in [0.3, 0.4) is 0 Å². The molecule has 0 amide bonds. The van der Waals surface area contributed by atoms with Crippen LogP contribution in [0.4, 0.5) is 10.2 Å². The zero-order valence-corrected chi connectivity index (χ0v) is 6.87. The zero-order chi connectivity index (χ0) is 8.97. The van der Waals surface area contributed by atoms with Gasteiger partial charge in [-0.3, -0.25) is 0 Å². The van der Waals surface area contributed by atoms with Crippen LogP contribution in [0.15, 0.2) is 25.2 Å². The monoisotopic (exact) mass is 167 g/mol. The minimum atomic E-state index is -0.415. The average Bonchev–Trinajstić information content (AvgIpc) is 2.05. The minimum Gasteiger partial charge on any atom is -0.353 e. The van der Waals surface area contributed by atoms with Crippen molar-refractivity contribution in [3.05, 3.63) is 31.0 Å². The maximum Gasteiger partial charge on any atom is 0.183 e. The van der Waals surface area contributed by atoms with E-state index < -0.39 is 5.82 Å². The molecule has 0 unspecified atom stereocenters. The van der Waals surface area contributed by atoms with Crippen molar-refractivity contribution in [2.45, 2.75) is 0 Å². The Balaban J connectivity index is 2.86. The number of nitrogens with zero attached hydrogens (tertiary/aromatic N) is 3. The first-order valence-corrected chi connectivity index (χ1v) is 3.53. The van der Waals surface area contributed by atoms with Gasteiger partial charge in [0.25, 0.3) is 0 Å². The molecule has 0 aromatic carbocycles. The summed E-state index contributed by atoms with van der Waals surface area (Å²) in [5.74, 6) is -0.119. The van der Waals surface area contributed by atoms with E-state index in [0.717, 1.165) is 6.20 Å². The Labute approximate surface area is 70.6 Å². The summed E-state index contributed by atoms with van der Waals surface area (Å²) >= 11 is 0. The van der Waals surface area contributed by atoms with E-state index in [4.69, 9.17) is 0 Å². The van der Waals surface area contributed by atoms with Gasteiger partial charge in [-0.05, 0) is 0 Å². The summed E-state index contributed by atoms with van der Waals surface area (Å²) in [5, 5.41) is 0. The van der Waals surface area contributed by atoms with Crippen LogP contribution in [0.5, 0.6) is 0 Å². The summed E-state index contributed by atoms with van der Waals surface area (Å²) in [4.78, 5) is 8.99. The highest BCUT2D eigenvalue weighted by molar-refractivity contribution is 5.37. The molecule has 1 rings (SSSR count). The largest absolute Gasteiger partial charge is 0.353 e. The molecule has 0 N–H and O–H groups in total. The SMILES string of the molecule is C=CCN(C)c1ncncc1F. The van der Waals surface area contributed by atoms with E-state index in [9.17, 15) is 4.39 Å². The molecular formula is C8H10FN3. The number of anilines is 1. The maximum absolute atomic E-state index is 13.0. The number of aromatic nitrogens is 2. The van der Waals surface area contributed by atoms with E-state index in [2.05, 4.69) is 16.5 Å². The van der Waals surface area contributed by atoms with Crippen LogP contribution in [-0.4, -0.2) is 23.6 Å². The molecule has 0 saturated carbocycles. The Morgan fingerprint density at radius 1 is 1.75 bits per heavy atom. The third-order valence-electron chi connectivity index (χ3n) is 1.41. The van der Waals surface area contributed by atoms with Crippen molar-refractivity contribution in [2.24, 2.45) is 0 Å².